The number of carbonyl (C=O) groups is 1. The third-order valence-corrected chi connectivity index (χ3v) is 4.67. The first kappa shape index (κ1) is 20.9. The molecule has 0 aliphatic rings. The molecule has 3 aromatic rings. The molecule has 0 unspecified atom stereocenters. The van der Waals surface area contributed by atoms with E-state index in [0.717, 1.165) is 22.6 Å². The van der Waals surface area contributed by atoms with Crippen molar-refractivity contribution in [1.82, 2.24) is 15.3 Å². The fourth-order valence-corrected chi connectivity index (χ4v) is 3.11. The molecule has 0 spiro atoms. The Morgan fingerprint density at radius 3 is 2.83 bits per heavy atom. The number of aryl methyl sites for hydroxylation is 1. The molecule has 0 aliphatic carbocycles. The second kappa shape index (κ2) is 9.10. The monoisotopic (exact) mass is 400 g/mol. The molecule has 5 nitrogen and oxygen atoms in total. The largest absolute Gasteiger partial charge is 0.348 e. The average molecular weight is 400 g/mol. The van der Waals surface area contributed by atoms with E-state index in [2.05, 4.69) is 27.9 Å². The number of nitriles is 1. The second-order valence-corrected chi connectivity index (χ2v) is 7.07. The summed E-state index contributed by atoms with van der Waals surface area (Å²) in [6.07, 6.45) is 4.88. The number of rotatable bonds is 6. The predicted octanol–water partition coefficient (Wildman–Crippen LogP) is 4.56. The molecule has 0 bridgehead atoms. The van der Waals surface area contributed by atoms with Crippen molar-refractivity contribution >= 4 is 16.8 Å². The van der Waals surface area contributed by atoms with Gasteiger partial charge in [0.2, 0.25) is 0 Å². The van der Waals surface area contributed by atoms with Gasteiger partial charge in [0.1, 0.15) is 11.9 Å². The van der Waals surface area contributed by atoms with Crippen LogP contribution in [-0.4, -0.2) is 22.4 Å². The third kappa shape index (κ3) is 4.76. The lowest BCUT2D eigenvalue weighted by Gasteiger charge is -2.09. The lowest BCUT2D eigenvalue weighted by molar-refractivity contribution is 0.0956. The number of halogens is 1. The molecule has 2 aromatic heterocycles. The Hall–Kier alpha value is -3.85. The summed E-state index contributed by atoms with van der Waals surface area (Å²) in [6, 6.07) is 11.3. The Labute approximate surface area is 174 Å². The summed E-state index contributed by atoms with van der Waals surface area (Å²) in [6.45, 7) is 7.02. The van der Waals surface area contributed by atoms with Gasteiger partial charge in [0, 0.05) is 42.0 Å². The molecule has 0 radical (unpaired) electrons. The minimum Gasteiger partial charge on any atom is -0.348 e. The highest BCUT2D eigenvalue weighted by Gasteiger charge is 2.10. The van der Waals surface area contributed by atoms with Gasteiger partial charge >= 0.3 is 0 Å². The number of allylic oxidation sites excluding steroid dienone is 2. The fraction of sp³-hybridized carbons (Fsp3) is 0.167. The van der Waals surface area contributed by atoms with E-state index in [1.165, 1.54) is 0 Å². The minimum absolute atomic E-state index is 0.0941. The van der Waals surface area contributed by atoms with Crippen molar-refractivity contribution in [2.75, 3.05) is 6.54 Å². The van der Waals surface area contributed by atoms with Crippen molar-refractivity contribution in [1.29, 1.82) is 5.26 Å². The number of amides is 1. The molecule has 2 heterocycles. The summed E-state index contributed by atoms with van der Waals surface area (Å²) in [4.78, 5) is 21.1. The molecule has 6 heteroatoms. The van der Waals surface area contributed by atoms with Gasteiger partial charge in [-0.15, -0.1) is 0 Å². The fourth-order valence-electron chi connectivity index (χ4n) is 3.11. The number of hydrogen-bond acceptors (Lipinski definition) is 4. The minimum atomic E-state index is -0.444. The molecule has 0 atom stereocenters. The van der Waals surface area contributed by atoms with Gasteiger partial charge in [0.05, 0.1) is 11.1 Å². The maximum Gasteiger partial charge on any atom is 0.251 e. The van der Waals surface area contributed by atoms with E-state index in [1.54, 1.807) is 37.5 Å². The van der Waals surface area contributed by atoms with Crippen LogP contribution in [0.15, 0.2) is 66.8 Å². The Morgan fingerprint density at radius 2 is 2.10 bits per heavy atom. The summed E-state index contributed by atoms with van der Waals surface area (Å²) in [5.74, 6) is -0.758. The van der Waals surface area contributed by atoms with Crippen LogP contribution >= 0.6 is 0 Å². The maximum absolute atomic E-state index is 13.5. The van der Waals surface area contributed by atoms with Crippen LogP contribution in [0, 0.1) is 18.3 Å². The normalized spacial score (nSPS) is 11.5. The third-order valence-electron chi connectivity index (χ3n) is 4.67. The maximum atomic E-state index is 13.5. The second-order valence-electron chi connectivity index (χ2n) is 7.07. The molecule has 0 aliphatic heterocycles. The van der Waals surface area contributed by atoms with Crippen LogP contribution in [0.4, 0.5) is 4.39 Å². The van der Waals surface area contributed by atoms with Gasteiger partial charge in [-0.05, 0) is 67.0 Å². The van der Waals surface area contributed by atoms with Crippen molar-refractivity contribution in [3.8, 4) is 6.07 Å². The van der Waals surface area contributed by atoms with Crippen molar-refractivity contribution in [2.45, 2.75) is 20.3 Å². The van der Waals surface area contributed by atoms with Crippen LogP contribution in [0.1, 0.15) is 39.7 Å². The Bertz CT molecular complexity index is 1210. The molecule has 3 rings (SSSR count). The highest BCUT2D eigenvalue weighted by molar-refractivity contribution is 5.94. The van der Waals surface area contributed by atoms with Crippen LogP contribution in [0.2, 0.25) is 0 Å². The van der Waals surface area contributed by atoms with Gasteiger partial charge in [0.25, 0.3) is 5.91 Å². The molecule has 150 valence electrons. The number of aromatic nitrogens is 2. The van der Waals surface area contributed by atoms with E-state index in [-0.39, 0.29) is 12.5 Å². The number of carbonyl (C=O) groups excluding carboxylic acids is 1. The zero-order valence-corrected chi connectivity index (χ0v) is 16.9. The number of fused-ring (bicyclic) bond motifs is 1. The van der Waals surface area contributed by atoms with Gasteiger partial charge in [-0.25, -0.2) is 4.39 Å². The first-order valence-electron chi connectivity index (χ1n) is 9.41. The van der Waals surface area contributed by atoms with E-state index in [9.17, 15) is 14.4 Å². The SMILES string of the molecule is C=C/C(F)=C(\C)CNC(=O)c1ccnc(Cc2cc(C#N)c3ncc(C)cc3c2)c1. The summed E-state index contributed by atoms with van der Waals surface area (Å²) in [5, 5.41) is 13.1. The Balaban J connectivity index is 1.82. The van der Waals surface area contributed by atoms with E-state index in [0.29, 0.717) is 34.3 Å². The van der Waals surface area contributed by atoms with Gasteiger partial charge in [-0.2, -0.15) is 5.26 Å². The highest BCUT2D eigenvalue weighted by atomic mass is 19.1. The van der Waals surface area contributed by atoms with Crippen LogP contribution in [0.25, 0.3) is 10.9 Å². The molecule has 0 fully saturated rings. The molecule has 1 amide bonds. The van der Waals surface area contributed by atoms with Crippen LogP contribution in [0.5, 0.6) is 0 Å². The highest BCUT2D eigenvalue weighted by Crippen LogP contribution is 2.21. The smallest absolute Gasteiger partial charge is 0.251 e. The summed E-state index contributed by atoms with van der Waals surface area (Å²) < 4.78 is 13.5. The molecular weight excluding hydrogens is 379 g/mol. The summed E-state index contributed by atoms with van der Waals surface area (Å²) in [5.41, 5.74) is 4.62. The van der Waals surface area contributed by atoms with E-state index in [1.807, 2.05) is 19.1 Å². The number of benzene rings is 1. The lowest BCUT2D eigenvalue weighted by Crippen LogP contribution is -2.25. The lowest BCUT2D eigenvalue weighted by atomic mass is 10.0. The van der Waals surface area contributed by atoms with E-state index < -0.39 is 5.83 Å². The summed E-state index contributed by atoms with van der Waals surface area (Å²) in [7, 11) is 0. The number of hydrogen-bond donors (Lipinski definition) is 1. The van der Waals surface area contributed by atoms with Crippen molar-refractivity contribution in [3.63, 3.8) is 0 Å². The molecule has 0 saturated heterocycles. The molecule has 0 saturated carbocycles. The van der Waals surface area contributed by atoms with Crippen molar-refractivity contribution < 1.29 is 9.18 Å². The molecule has 1 aromatic carbocycles. The van der Waals surface area contributed by atoms with Crippen LogP contribution in [-0.2, 0) is 6.42 Å². The average Bonchev–Trinajstić information content (AvgIpc) is 2.75. The zero-order chi connectivity index (χ0) is 21.7. The van der Waals surface area contributed by atoms with Crippen LogP contribution in [0.3, 0.4) is 0 Å². The summed E-state index contributed by atoms with van der Waals surface area (Å²) >= 11 is 0. The quantitative estimate of drug-likeness (QED) is 0.615. The number of nitrogens with one attached hydrogen (secondary N) is 1. The van der Waals surface area contributed by atoms with Crippen LogP contribution < -0.4 is 5.32 Å². The predicted molar refractivity (Wildman–Crippen MR) is 115 cm³/mol. The first-order chi connectivity index (χ1) is 14.4. The van der Waals surface area contributed by atoms with Gasteiger partial charge in [-0.3, -0.25) is 14.8 Å². The van der Waals surface area contributed by atoms with Crippen molar-refractivity contribution in [2.24, 2.45) is 0 Å². The molecule has 30 heavy (non-hydrogen) atoms. The molecular formula is C24H21FN4O. The van der Waals surface area contributed by atoms with Gasteiger partial charge < -0.3 is 5.32 Å². The first-order valence-corrected chi connectivity index (χ1v) is 9.41. The van der Waals surface area contributed by atoms with Crippen molar-refractivity contribution in [3.05, 3.63) is 94.7 Å². The topological polar surface area (TPSA) is 78.7 Å². The van der Waals surface area contributed by atoms with Gasteiger partial charge in [0.15, 0.2) is 0 Å². The zero-order valence-electron chi connectivity index (χ0n) is 16.9. The number of pyridine rings is 2. The van der Waals surface area contributed by atoms with Gasteiger partial charge in [-0.1, -0.05) is 6.58 Å². The standard InChI is InChI=1S/C24H21FN4O/c1-4-22(25)16(3)14-29-24(30)18-5-6-27-21(11-18)10-17-8-19-7-15(2)13-28-23(19)20(9-17)12-26/h4-9,11,13H,1,10,14H2,2-3H3,(H,29,30)/b22-16-. The molecule has 1 N–H and O–H groups in total. The Morgan fingerprint density at radius 1 is 1.30 bits per heavy atom. The van der Waals surface area contributed by atoms with E-state index >= 15 is 0 Å². The Kier molecular flexibility index (Phi) is 6.33. The van der Waals surface area contributed by atoms with E-state index in [4.69, 9.17) is 0 Å². The number of nitrogens with zero attached hydrogens (tertiary/aromatic N) is 3.